The van der Waals surface area contributed by atoms with Crippen molar-refractivity contribution in [2.24, 2.45) is 0 Å². The molecule has 2 heteroatoms. The van der Waals surface area contributed by atoms with Crippen LogP contribution < -0.4 is 10.1 Å². The van der Waals surface area contributed by atoms with Crippen LogP contribution >= 0.6 is 0 Å². The van der Waals surface area contributed by atoms with Gasteiger partial charge in [-0.1, -0.05) is 25.1 Å². The molecule has 0 aliphatic heterocycles. The zero-order valence-electron chi connectivity index (χ0n) is 13.5. The van der Waals surface area contributed by atoms with Crippen LogP contribution in [0.1, 0.15) is 30.0 Å². The second-order valence-corrected chi connectivity index (χ2v) is 5.51. The smallest absolute Gasteiger partial charge is 0.122 e. The lowest BCUT2D eigenvalue weighted by atomic mass is 9.96. The third kappa shape index (κ3) is 3.85. The number of aryl methyl sites for hydroxylation is 2. The summed E-state index contributed by atoms with van der Waals surface area (Å²) in [5.41, 5.74) is 6.30. The van der Waals surface area contributed by atoms with Crippen LogP contribution in [0.5, 0.6) is 5.75 Å². The molecule has 0 radical (unpaired) electrons. The van der Waals surface area contributed by atoms with Crippen LogP contribution in [0.15, 0.2) is 36.4 Å². The Morgan fingerprint density at radius 2 is 1.86 bits per heavy atom. The van der Waals surface area contributed by atoms with Crippen molar-refractivity contribution in [2.45, 2.75) is 33.7 Å². The minimum atomic E-state index is 0.926. The largest absolute Gasteiger partial charge is 0.496 e. The Balaban J connectivity index is 2.29. The zero-order chi connectivity index (χ0) is 15.2. The number of hydrogen-bond acceptors (Lipinski definition) is 2. The van der Waals surface area contributed by atoms with Crippen LogP contribution in [-0.4, -0.2) is 13.7 Å². The summed E-state index contributed by atoms with van der Waals surface area (Å²) in [4.78, 5) is 0. The molecule has 2 aromatic rings. The lowest BCUT2D eigenvalue weighted by molar-refractivity contribution is 0.411. The molecule has 0 fully saturated rings. The first-order valence-corrected chi connectivity index (χ1v) is 7.61. The maximum Gasteiger partial charge on any atom is 0.122 e. The molecular weight excluding hydrogens is 258 g/mol. The highest BCUT2D eigenvalue weighted by molar-refractivity contribution is 5.70. The van der Waals surface area contributed by atoms with E-state index >= 15 is 0 Å². The molecule has 0 saturated heterocycles. The maximum atomic E-state index is 5.40. The molecule has 0 spiro atoms. The van der Waals surface area contributed by atoms with Crippen molar-refractivity contribution in [3.8, 4) is 16.9 Å². The molecule has 21 heavy (non-hydrogen) atoms. The molecule has 2 aromatic carbocycles. The SMILES string of the molecule is CCCNCc1cccc(-c2cc(C)c(OC)cc2C)c1. The van der Waals surface area contributed by atoms with Crippen LogP contribution in [0.4, 0.5) is 0 Å². The van der Waals surface area contributed by atoms with Crippen molar-refractivity contribution >= 4 is 0 Å². The molecule has 0 aliphatic carbocycles. The number of nitrogens with one attached hydrogen (secondary N) is 1. The lowest BCUT2D eigenvalue weighted by Gasteiger charge is -2.13. The van der Waals surface area contributed by atoms with E-state index in [0.717, 1.165) is 25.3 Å². The second kappa shape index (κ2) is 7.28. The van der Waals surface area contributed by atoms with E-state index in [2.05, 4.69) is 62.5 Å². The molecule has 0 unspecified atom stereocenters. The van der Waals surface area contributed by atoms with Crippen LogP contribution in [-0.2, 0) is 6.54 Å². The standard InChI is InChI=1S/C19H25NO/c1-5-9-20-13-16-7-6-8-17(12-16)18-10-15(3)19(21-4)11-14(18)2/h6-8,10-12,20H,5,9,13H2,1-4H3. The van der Waals surface area contributed by atoms with Gasteiger partial charge >= 0.3 is 0 Å². The van der Waals surface area contributed by atoms with Crippen LogP contribution in [0.3, 0.4) is 0 Å². The van der Waals surface area contributed by atoms with Crippen LogP contribution in [0.25, 0.3) is 11.1 Å². The summed E-state index contributed by atoms with van der Waals surface area (Å²) in [6, 6.07) is 13.1. The number of benzene rings is 2. The third-order valence-corrected chi connectivity index (χ3v) is 3.74. The maximum absolute atomic E-state index is 5.40. The highest BCUT2D eigenvalue weighted by Crippen LogP contribution is 2.30. The Morgan fingerprint density at radius 3 is 2.57 bits per heavy atom. The average Bonchev–Trinajstić information content (AvgIpc) is 2.50. The van der Waals surface area contributed by atoms with Gasteiger partial charge in [0.2, 0.25) is 0 Å². The molecule has 0 bridgehead atoms. The Bertz CT molecular complexity index is 605. The summed E-state index contributed by atoms with van der Waals surface area (Å²) in [5, 5.41) is 3.45. The van der Waals surface area contributed by atoms with Gasteiger partial charge in [0, 0.05) is 6.54 Å². The minimum absolute atomic E-state index is 0.926. The first kappa shape index (κ1) is 15.6. The van der Waals surface area contributed by atoms with E-state index in [4.69, 9.17) is 4.74 Å². The lowest BCUT2D eigenvalue weighted by Crippen LogP contribution is -2.13. The Labute approximate surface area is 128 Å². The van der Waals surface area contributed by atoms with Crippen molar-refractivity contribution in [3.05, 3.63) is 53.1 Å². The van der Waals surface area contributed by atoms with Crippen molar-refractivity contribution in [3.63, 3.8) is 0 Å². The van der Waals surface area contributed by atoms with E-state index in [-0.39, 0.29) is 0 Å². The van der Waals surface area contributed by atoms with E-state index in [1.165, 1.54) is 27.8 Å². The van der Waals surface area contributed by atoms with Crippen molar-refractivity contribution in [1.29, 1.82) is 0 Å². The number of ether oxygens (including phenoxy) is 1. The predicted molar refractivity (Wildman–Crippen MR) is 89.9 cm³/mol. The van der Waals surface area contributed by atoms with Gasteiger partial charge in [0.15, 0.2) is 0 Å². The van der Waals surface area contributed by atoms with Gasteiger partial charge in [-0.2, -0.15) is 0 Å². The van der Waals surface area contributed by atoms with Gasteiger partial charge in [0.1, 0.15) is 5.75 Å². The van der Waals surface area contributed by atoms with Crippen molar-refractivity contribution in [1.82, 2.24) is 5.32 Å². The van der Waals surface area contributed by atoms with Gasteiger partial charge in [0.05, 0.1) is 7.11 Å². The molecule has 0 heterocycles. The molecule has 1 N–H and O–H groups in total. The van der Waals surface area contributed by atoms with Gasteiger partial charge < -0.3 is 10.1 Å². The van der Waals surface area contributed by atoms with E-state index < -0.39 is 0 Å². The third-order valence-electron chi connectivity index (χ3n) is 3.74. The summed E-state index contributed by atoms with van der Waals surface area (Å²) < 4.78 is 5.40. The van der Waals surface area contributed by atoms with E-state index in [9.17, 15) is 0 Å². The minimum Gasteiger partial charge on any atom is -0.496 e. The average molecular weight is 283 g/mol. The Hall–Kier alpha value is -1.80. The normalized spacial score (nSPS) is 10.7. The summed E-state index contributed by atoms with van der Waals surface area (Å²) >= 11 is 0. The Morgan fingerprint density at radius 1 is 1.05 bits per heavy atom. The van der Waals surface area contributed by atoms with Crippen molar-refractivity contribution < 1.29 is 4.74 Å². The van der Waals surface area contributed by atoms with Crippen LogP contribution in [0, 0.1) is 13.8 Å². The van der Waals surface area contributed by atoms with Gasteiger partial charge in [-0.15, -0.1) is 0 Å². The fourth-order valence-corrected chi connectivity index (χ4v) is 2.58. The van der Waals surface area contributed by atoms with E-state index in [1.54, 1.807) is 7.11 Å². The first-order chi connectivity index (χ1) is 10.2. The number of methoxy groups -OCH3 is 1. The highest BCUT2D eigenvalue weighted by Gasteiger charge is 2.07. The van der Waals surface area contributed by atoms with Gasteiger partial charge in [-0.25, -0.2) is 0 Å². The second-order valence-electron chi connectivity index (χ2n) is 5.51. The topological polar surface area (TPSA) is 21.3 Å². The molecule has 0 amide bonds. The highest BCUT2D eigenvalue weighted by atomic mass is 16.5. The molecule has 0 aromatic heterocycles. The molecule has 0 aliphatic rings. The van der Waals surface area contributed by atoms with E-state index in [0.29, 0.717) is 0 Å². The monoisotopic (exact) mass is 283 g/mol. The Kier molecular flexibility index (Phi) is 5.40. The molecular formula is C19H25NO. The fourth-order valence-electron chi connectivity index (χ4n) is 2.58. The molecule has 0 saturated carbocycles. The summed E-state index contributed by atoms with van der Waals surface area (Å²) in [5.74, 6) is 0.956. The summed E-state index contributed by atoms with van der Waals surface area (Å²) in [6.45, 7) is 8.40. The van der Waals surface area contributed by atoms with Crippen molar-refractivity contribution in [2.75, 3.05) is 13.7 Å². The molecule has 2 rings (SSSR count). The molecule has 112 valence electrons. The van der Waals surface area contributed by atoms with Crippen LogP contribution in [0.2, 0.25) is 0 Å². The van der Waals surface area contributed by atoms with E-state index in [1.807, 2.05) is 0 Å². The fraction of sp³-hybridized carbons (Fsp3) is 0.368. The summed E-state index contributed by atoms with van der Waals surface area (Å²) in [7, 11) is 1.72. The van der Waals surface area contributed by atoms with Gasteiger partial charge in [0.25, 0.3) is 0 Å². The molecule has 2 nitrogen and oxygen atoms in total. The summed E-state index contributed by atoms with van der Waals surface area (Å²) in [6.07, 6.45) is 1.16. The zero-order valence-corrected chi connectivity index (χ0v) is 13.5. The molecule has 0 atom stereocenters. The first-order valence-electron chi connectivity index (χ1n) is 7.61. The number of rotatable bonds is 6. The van der Waals surface area contributed by atoms with Gasteiger partial charge in [-0.3, -0.25) is 0 Å². The number of hydrogen-bond donors (Lipinski definition) is 1. The van der Waals surface area contributed by atoms with Gasteiger partial charge in [-0.05, 0) is 72.8 Å². The predicted octanol–water partition coefficient (Wildman–Crippen LogP) is 4.48. The quantitative estimate of drug-likeness (QED) is 0.789.